The summed E-state index contributed by atoms with van der Waals surface area (Å²) in [5, 5.41) is 0. The lowest BCUT2D eigenvalue weighted by molar-refractivity contribution is -0.136. The molecule has 1 rings (SSSR count). The molecule has 1 fully saturated rings. The molecular weight excluding hydrogens is 162 g/mol. The number of hydrogen-bond donors (Lipinski definition) is 0. The summed E-state index contributed by atoms with van der Waals surface area (Å²) in [4.78, 5) is 13.9. The largest absolute Gasteiger partial charge is 0.339 e. The third-order valence-corrected chi connectivity index (χ3v) is 2.85. The van der Waals surface area contributed by atoms with Gasteiger partial charge in [0.2, 0.25) is 5.91 Å². The van der Waals surface area contributed by atoms with Crippen molar-refractivity contribution in [3.05, 3.63) is 0 Å². The zero-order valence-electron chi connectivity index (χ0n) is 9.21. The average Bonchev–Trinajstić information content (AvgIpc) is 2.50. The van der Waals surface area contributed by atoms with Crippen LogP contribution < -0.4 is 0 Å². The van der Waals surface area contributed by atoms with Gasteiger partial charge in [-0.15, -0.1) is 0 Å². The van der Waals surface area contributed by atoms with Crippen molar-refractivity contribution in [2.75, 3.05) is 6.54 Å². The Morgan fingerprint density at radius 1 is 1.31 bits per heavy atom. The Morgan fingerprint density at radius 2 is 1.92 bits per heavy atom. The highest BCUT2D eigenvalue weighted by Gasteiger charge is 2.31. The van der Waals surface area contributed by atoms with Crippen LogP contribution in [0.5, 0.6) is 0 Å². The second-order valence-electron chi connectivity index (χ2n) is 4.64. The van der Waals surface area contributed by atoms with Gasteiger partial charge in [0, 0.05) is 18.5 Å². The number of rotatable bonds is 2. The fourth-order valence-electron chi connectivity index (χ4n) is 2.09. The molecule has 1 heterocycles. The van der Waals surface area contributed by atoms with Crippen LogP contribution >= 0.6 is 0 Å². The molecule has 1 saturated heterocycles. The standard InChI is InChI=1S/C11H21NO/c1-8(2)10-6-5-7-12(10)11(13)9(3)4/h8-10H,5-7H2,1-4H3/t10-/m0/s1. The molecule has 2 heteroatoms. The van der Waals surface area contributed by atoms with E-state index in [1.165, 1.54) is 12.8 Å². The molecule has 0 aromatic rings. The van der Waals surface area contributed by atoms with Gasteiger partial charge in [0.05, 0.1) is 0 Å². The molecule has 1 aliphatic rings. The first-order valence-corrected chi connectivity index (χ1v) is 5.34. The number of likely N-dealkylation sites (tertiary alicyclic amines) is 1. The molecule has 1 amide bonds. The zero-order valence-corrected chi connectivity index (χ0v) is 9.21. The molecule has 0 bridgehead atoms. The van der Waals surface area contributed by atoms with E-state index in [0.29, 0.717) is 17.9 Å². The lowest BCUT2D eigenvalue weighted by Crippen LogP contribution is -2.40. The number of amides is 1. The predicted molar refractivity (Wildman–Crippen MR) is 54.4 cm³/mol. The van der Waals surface area contributed by atoms with E-state index in [0.717, 1.165) is 6.54 Å². The molecule has 1 aliphatic heterocycles. The highest BCUT2D eigenvalue weighted by Crippen LogP contribution is 2.25. The van der Waals surface area contributed by atoms with E-state index in [2.05, 4.69) is 18.7 Å². The first kappa shape index (κ1) is 10.6. The Balaban J connectivity index is 2.63. The lowest BCUT2D eigenvalue weighted by atomic mass is 10.0. The fraction of sp³-hybridized carbons (Fsp3) is 0.909. The molecule has 0 radical (unpaired) electrons. The summed E-state index contributed by atoms with van der Waals surface area (Å²) in [5.74, 6) is 1.08. The van der Waals surface area contributed by atoms with Crippen molar-refractivity contribution in [1.82, 2.24) is 4.90 Å². The highest BCUT2D eigenvalue weighted by atomic mass is 16.2. The SMILES string of the molecule is CC(C)C(=O)N1CCC[C@H]1C(C)C. The summed E-state index contributed by atoms with van der Waals surface area (Å²) in [6.45, 7) is 9.35. The fourth-order valence-corrected chi connectivity index (χ4v) is 2.09. The molecule has 2 nitrogen and oxygen atoms in total. The summed E-state index contributed by atoms with van der Waals surface area (Å²) in [7, 11) is 0. The van der Waals surface area contributed by atoms with Crippen LogP contribution in [0.3, 0.4) is 0 Å². The summed E-state index contributed by atoms with van der Waals surface area (Å²) in [5.41, 5.74) is 0. The van der Waals surface area contributed by atoms with Crippen LogP contribution in [0.4, 0.5) is 0 Å². The highest BCUT2D eigenvalue weighted by molar-refractivity contribution is 5.78. The van der Waals surface area contributed by atoms with Gasteiger partial charge in [0.15, 0.2) is 0 Å². The monoisotopic (exact) mass is 183 g/mol. The van der Waals surface area contributed by atoms with Crippen molar-refractivity contribution in [3.8, 4) is 0 Å². The summed E-state index contributed by atoms with van der Waals surface area (Å²) in [6.07, 6.45) is 2.37. The van der Waals surface area contributed by atoms with E-state index in [1.54, 1.807) is 0 Å². The van der Waals surface area contributed by atoms with E-state index in [9.17, 15) is 4.79 Å². The van der Waals surface area contributed by atoms with Gasteiger partial charge in [0.25, 0.3) is 0 Å². The summed E-state index contributed by atoms with van der Waals surface area (Å²) < 4.78 is 0. The molecular formula is C11H21NO. The number of hydrogen-bond acceptors (Lipinski definition) is 1. The number of nitrogens with zero attached hydrogens (tertiary/aromatic N) is 1. The normalized spacial score (nSPS) is 23.2. The maximum atomic E-state index is 11.8. The second-order valence-corrected chi connectivity index (χ2v) is 4.64. The van der Waals surface area contributed by atoms with Crippen molar-refractivity contribution in [3.63, 3.8) is 0 Å². The molecule has 0 spiro atoms. The first-order chi connectivity index (χ1) is 6.04. The lowest BCUT2D eigenvalue weighted by Gasteiger charge is -2.29. The molecule has 0 N–H and O–H groups in total. The van der Waals surface area contributed by atoms with Crippen molar-refractivity contribution in [2.45, 2.75) is 46.6 Å². The smallest absolute Gasteiger partial charge is 0.225 e. The molecule has 76 valence electrons. The quantitative estimate of drug-likeness (QED) is 0.643. The number of carbonyl (C=O) groups is 1. The third kappa shape index (κ3) is 2.23. The van der Waals surface area contributed by atoms with Crippen molar-refractivity contribution < 1.29 is 4.79 Å². The molecule has 0 aliphatic carbocycles. The van der Waals surface area contributed by atoms with Gasteiger partial charge in [-0.3, -0.25) is 4.79 Å². The van der Waals surface area contributed by atoms with Crippen LogP contribution in [0.1, 0.15) is 40.5 Å². The molecule has 0 aromatic heterocycles. The first-order valence-electron chi connectivity index (χ1n) is 5.34. The van der Waals surface area contributed by atoms with E-state index in [4.69, 9.17) is 0 Å². The molecule has 0 aromatic carbocycles. The van der Waals surface area contributed by atoms with Gasteiger partial charge in [-0.2, -0.15) is 0 Å². The van der Waals surface area contributed by atoms with E-state index in [-0.39, 0.29) is 5.92 Å². The van der Waals surface area contributed by atoms with Crippen molar-refractivity contribution in [1.29, 1.82) is 0 Å². The van der Waals surface area contributed by atoms with Gasteiger partial charge in [0.1, 0.15) is 0 Å². The maximum Gasteiger partial charge on any atom is 0.225 e. The van der Waals surface area contributed by atoms with E-state index < -0.39 is 0 Å². The Morgan fingerprint density at radius 3 is 2.38 bits per heavy atom. The van der Waals surface area contributed by atoms with E-state index >= 15 is 0 Å². The average molecular weight is 183 g/mol. The van der Waals surface area contributed by atoms with Crippen LogP contribution in [0.2, 0.25) is 0 Å². The van der Waals surface area contributed by atoms with Gasteiger partial charge < -0.3 is 4.90 Å². The minimum atomic E-state index is 0.152. The van der Waals surface area contributed by atoms with Gasteiger partial charge >= 0.3 is 0 Å². The van der Waals surface area contributed by atoms with Crippen molar-refractivity contribution in [2.24, 2.45) is 11.8 Å². The van der Waals surface area contributed by atoms with Gasteiger partial charge in [-0.05, 0) is 18.8 Å². The van der Waals surface area contributed by atoms with Crippen molar-refractivity contribution >= 4 is 5.91 Å². The minimum Gasteiger partial charge on any atom is -0.339 e. The Bertz CT molecular complexity index is 187. The van der Waals surface area contributed by atoms with Gasteiger partial charge in [-0.1, -0.05) is 27.7 Å². The third-order valence-electron chi connectivity index (χ3n) is 2.85. The molecule has 1 atom stereocenters. The van der Waals surface area contributed by atoms with E-state index in [1.807, 2.05) is 13.8 Å². The van der Waals surface area contributed by atoms with Gasteiger partial charge in [-0.25, -0.2) is 0 Å². The predicted octanol–water partition coefficient (Wildman–Crippen LogP) is 2.29. The second kappa shape index (κ2) is 4.12. The molecule has 0 saturated carbocycles. The van der Waals surface area contributed by atoms with Crippen LogP contribution in [-0.2, 0) is 4.79 Å². The molecule has 0 unspecified atom stereocenters. The Hall–Kier alpha value is -0.530. The zero-order chi connectivity index (χ0) is 10.0. The summed E-state index contributed by atoms with van der Waals surface area (Å²) in [6, 6.07) is 0.495. The van der Waals surface area contributed by atoms with Crippen LogP contribution in [0, 0.1) is 11.8 Å². The summed E-state index contributed by atoms with van der Waals surface area (Å²) >= 11 is 0. The maximum absolute atomic E-state index is 11.8. The van der Waals surface area contributed by atoms with Crippen LogP contribution in [-0.4, -0.2) is 23.4 Å². The topological polar surface area (TPSA) is 20.3 Å². The van der Waals surface area contributed by atoms with Crippen LogP contribution in [0.15, 0.2) is 0 Å². The Kier molecular flexibility index (Phi) is 3.34. The van der Waals surface area contributed by atoms with Crippen LogP contribution in [0.25, 0.3) is 0 Å². The Labute approximate surface area is 81.3 Å². The number of carbonyl (C=O) groups excluding carboxylic acids is 1. The molecule has 13 heavy (non-hydrogen) atoms. The minimum absolute atomic E-state index is 0.152.